The van der Waals surface area contributed by atoms with E-state index in [-0.39, 0.29) is 11.5 Å². The van der Waals surface area contributed by atoms with Crippen LogP contribution in [0.25, 0.3) is 0 Å². The number of rotatable bonds is 7. The van der Waals surface area contributed by atoms with E-state index < -0.39 is 0 Å². The molecule has 0 aromatic heterocycles. The summed E-state index contributed by atoms with van der Waals surface area (Å²) in [5.41, 5.74) is 6.28. The first-order valence-corrected chi connectivity index (χ1v) is 6.37. The first-order chi connectivity index (χ1) is 7.30. The summed E-state index contributed by atoms with van der Waals surface area (Å²) in [7, 11) is 2.15. The first-order valence-electron chi connectivity index (χ1n) is 6.37. The van der Waals surface area contributed by atoms with Gasteiger partial charge in [0, 0.05) is 18.7 Å². The summed E-state index contributed by atoms with van der Waals surface area (Å²) in [6.07, 6.45) is 3.14. The fourth-order valence-corrected chi connectivity index (χ4v) is 2.64. The van der Waals surface area contributed by atoms with Crippen LogP contribution in [0.15, 0.2) is 0 Å². The molecular formula is C13H30N2O. The molecule has 0 rings (SSSR count). The Morgan fingerprint density at radius 3 is 2.12 bits per heavy atom. The molecule has 16 heavy (non-hydrogen) atoms. The van der Waals surface area contributed by atoms with Gasteiger partial charge in [0.1, 0.15) is 0 Å². The number of nitrogens with zero attached hydrogens (tertiary/aromatic N) is 1. The topological polar surface area (TPSA) is 49.5 Å². The molecule has 0 heterocycles. The minimum Gasteiger partial charge on any atom is -0.396 e. The minimum absolute atomic E-state index is 0.183. The van der Waals surface area contributed by atoms with E-state index in [4.69, 9.17) is 10.8 Å². The maximum atomic E-state index is 8.72. The molecule has 0 bridgehead atoms. The van der Waals surface area contributed by atoms with Gasteiger partial charge in [-0.15, -0.1) is 0 Å². The Balaban J connectivity index is 4.14. The summed E-state index contributed by atoms with van der Waals surface area (Å²) in [4.78, 5) is 2.36. The SMILES string of the molecule is CC(N)C(N(C)CCCCCO)C(C)(C)C. The fourth-order valence-electron chi connectivity index (χ4n) is 2.64. The zero-order valence-corrected chi connectivity index (χ0v) is 11.7. The molecule has 0 aliphatic heterocycles. The van der Waals surface area contributed by atoms with Crippen molar-refractivity contribution in [2.45, 2.75) is 59.0 Å². The highest BCUT2D eigenvalue weighted by Gasteiger charge is 2.30. The lowest BCUT2D eigenvalue weighted by molar-refractivity contribution is 0.104. The fraction of sp³-hybridized carbons (Fsp3) is 1.00. The average Bonchev–Trinajstić information content (AvgIpc) is 2.09. The summed E-state index contributed by atoms with van der Waals surface area (Å²) in [6, 6.07) is 0.587. The number of likely N-dealkylation sites (N-methyl/N-ethyl adjacent to an activating group) is 1. The van der Waals surface area contributed by atoms with Crippen molar-refractivity contribution in [3.8, 4) is 0 Å². The van der Waals surface area contributed by atoms with Gasteiger partial charge in [0.2, 0.25) is 0 Å². The number of aliphatic hydroxyl groups excluding tert-OH is 1. The Bertz CT molecular complexity index is 175. The second-order valence-electron chi connectivity index (χ2n) is 5.93. The van der Waals surface area contributed by atoms with Crippen molar-refractivity contribution >= 4 is 0 Å². The maximum absolute atomic E-state index is 8.72. The first kappa shape index (κ1) is 15.9. The third-order valence-electron chi connectivity index (χ3n) is 3.03. The molecule has 0 fully saturated rings. The third-order valence-corrected chi connectivity index (χ3v) is 3.03. The summed E-state index contributed by atoms with van der Waals surface area (Å²) in [5.74, 6) is 0. The van der Waals surface area contributed by atoms with E-state index in [2.05, 4.69) is 39.6 Å². The molecule has 0 aromatic carbocycles. The van der Waals surface area contributed by atoms with Gasteiger partial charge in [0.15, 0.2) is 0 Å². The molecule has 0 aromatic rings. The summed E-state index contributed by atoms with van der Waals surface area (Å²) in [6.45, 7) is 10.2. The molecule has 0 aliphatic carbocycles. The van der Waals surface area contributed by atoms with Crippen LogP contribution in [0.1, 0.15) is 47.0 Å². The normalized spacial score (nSPS) is 16.5. The molecule has 0 spiro atoms. The largest absolute Gasteiger partial charge is 0.396 e. The van der Waals surface area contributed by atoms with Crippen LogP contribution in [0.2, 0.25) is 0 Å². The van der Waals surface area contributed by atoms with Crippen LogP contribution in [0.5, 0.6) is 0 Å². The second kappa shape index (κ2) is 7.25. The van der Waals surface area contributed by atoms with Gasteiger partial charge in [-0.1, -0.05) is 20.8 Å². The van der Waals surface area contributed by atoms with E-state index in [1.165, 1.54) is 0 Å². The highest BCUT2D eigenvalue weighted by molar-refractivity contribution is 4.87. The Hall–Kier alpha value is -0.120. The predicted molar refractivity (Wildman–Crippen MR) is 70.5 cm³/mol. The van der Waals surface area contributed by atoms with E-state index >= 15 is 0 Å². The second-order valence-corrected chi connectivity index (χ2v) is 5.93. The molecule has 0 aliphatic rings. The number of nitrogens with two attached hydrogens (primary N) is 1. The van der Waals surface area contributed by atoms with Crippen LogP contribution in [0.3, 0.4) is 0 Å². The zero-order chi connectivity index (χ0) is 12.8. The van der Waals surface area contributed by atoms with Gasteiger partial charge in [0.05, 0.1) is 0 Å². The van der Waals surface area contributed by atoms with Crippen LogP contribution in [-0.4, -0.2) is 42.3 Å². The van der Waals surface area contributed by atoms with E-state index in [1.807, 2.05) is 0 Å². The smallest absolute Gasteiger partial charge is 0.0431 e. The van der Waals surface area contributed by atoms with Gasteiger partial charge in [-0.25, -0.2) is 0 Å². The average molecular weight is 230 g/mol. The summed E-state index contributed by atoms with van der Waals surface area (Å²) >= 11 is 0. The third kappa shape index (κ3) is 5.83. The lowest BCUT2D eigenvalue weighted by Gasteiger charge is -2.40. The van der Waals surface area contributed by atoms with Gasteiger partial charge < -0.3 is 15.7 Å². The molecule has 0 amide bonds. The molecule has 2 unspecified atom stereocenters. The van der Waals surface area contributed by atoms with Crippen molar-refractivity contribution in [1.29, 1.82) is 0 Å². The van der Waals surface area contributed by atoms with Gasteiger partial charge in [-0.05, 0) is 45.2 Å². The van der Waals surface area contributed by atoms with Crippen LogP contribution in [0.4, 0.5) is 0 Å². The highest BCUT2D eigenvalue weighted by Crippen LogP contribution is 2.25. The van der Waals surface area contributed by atoms with Gasteiger partial charge in [-0.2, -0.15) is 0 Å². The zero-order valence-electron chi connectivity index (χ0n) is 11.7. The predicted octanol–water partition coefficient (Wildman–Crippen LogP) is 1.84. The quantitative estimate of drug-likeness (QED) is 0.656. The molecule has 0 saturated heterocycles. The molecular weight excluding hydrogens is 200 g/mol. The van der Waals surface area contributed by atoms with Crippen molar-refractivity contribution in [3.63, 3.8) is 0 Å². The van der Waals surface area contributed by atoms with Crippen molar-refractivity contribution in [2.75, 3.05) is 20.2 Å². The molecule has 2 atom stereocenters. The monoisotopic (exact) mass is 230 g/mol. The Kier molecular flexibility index (Phi) is 7.20. The summed E-state index contributed by atoms with van der Waals surface area (Å²) < 4.78 is 0. The van der Waals surface area contributed by atoms with Crippen LogP contribution in [-0.2, 0) is 0 Å². The lowest BCUT2D eigenvalue weighted by Crippen LogP contribution is -2.52. The number of hydrogen-bond donors (Lipinski definition) is 2. The lowest BCUT2D eigenvalue weighted by atomic mass is 9.82. The molecule has 3 heteroatoms. The Morgan fingerprint density at radius 2 is 1.75 bits per heavy atom. The molecule has 98 valence electrons. The molecule has 3 N–H and O–H groups in total. The van der Waals surface area contributed by atoms with E-state index in [0.29, 0.717) is 12.6 Å². The number of unbranched alkanes of at least 4 members (excludes halogenated alkanes) is 2. The Labute approximate surface area is 101 Å². The van der Waals surface area contributed by atoms with Crippen LogP contribution in [0, 0.1) is 5.41 Å². The van der Waals surface area contributed by atoms with Gasteiger partial charge in [-0.3, -0.25) is 0 Å². The summed E-state index contributed by atoms with van der Waals surface area (Å²) in [5, 5.41) is 8.72. The van der Waals surface area contributed by atoms with E-state index in [9.17, 15) is 0 Å². The van der Waals surface area contributed by atoms with E-state index in [1.54, 1.807) is 0 Å². The van der Waals surface area contributed by atoms with Crippen molar-refractivity contribution in [1.82, 2.24) is 4.90 Å². The molecule has 3 nitrogen and oxygen atoms in total. The van der Waals surface area contributed by atoms with Crippen molar-refractivity contribution in [3.05, 3.63) is 0 Å². The van der Waals surface area contributed by atoms with Crippen molar-refractivity contribution < 1.29 is 5.11 Å². The van der Waals surface area contributed by atoms with E-state index in [0.717, 1.165) is 25.8 Å². The highest BCUT2D eigenvalue weighted by atomic mass is 16.2. The van der Waals surface area contributed by atoms with Gasteiger partial charge in [0.25, 0.3) is 0 Å². The number of hydrogen-bond acceptors (Lipinski definition) is 3. The minimum atomic E-state index is 0.183. The Morgan fingerprint density at radius 1 is 1.19 bits per heavy atom. The molecule has 0 radical (unpaired) electrons. The van der Waals surface area contributed by atoms with Crippen LogP contribution >= 0.6 is 0 Å². The van der Waals surface area contributed by atoms with Crippen molar-refractivity contribution in [2.24, 2.45) is 11.1 Å². The van der Waals surface area contributed by atoms with Crippen LogP contribution < -0.4 is 5.73 Å². The standard InChI is InChI=1S/C13H30N2O/c1-11(14)12(13(2,3)4)15(5)9-7-6-8-10-16/h11-12,16H,6-10,14H2,1-5H3. The van der Waals surface area contributed by atoms with Gasteiger partial charge >= 0.3 is 0 Å². The number of aliphatic hydroxyl groups is 1. The maximum Gasteiger partial charge on any atom is 0.0431 e. The molecule has 0 saturated carbocycles.